The van der Waals surface area contributed by atoms with E-state index in [0.717, 1.165) is 38.0 Å². The molecule has 2 atom stereocenters. The molecular formula is C23H30ClNO9. The van der Waals surface area contributed by atoms with Crippen molar-refractivity contribution in [2.24, 2.45) is 5.92 Å². The van der Waals surface area contributed by atoms with Crippen LogP contribution in [0.25, 0.3) is 6.08 Å². The zero-order chi connectivity index (χ0) is 25.7. The van der Waals surface area contributed by atoms with Crippen LogP contribution in [0.15, 0.2) is 30.3 Å². The fourth-order valence-corrected chi connectivity index (χ4v) is 3.16. The maximum absolute atomic E-state index is 12.0. The van der Waals surface area contributed by atoms with Crippen LogP contribution in [0.1, 0.15) is 31.7 Å². The molecule has 0 amide bonds. The van der Waals surface area contributed by atoms with Crippen LogP contribution in [0.5, 0.6) is 0 Å². The molecule has 0 aromatic heterocycles. The number of likely N-dealkylation sites (tertiary alicyclic amines) is 1. The molecule has 1 fully saturated rings. The number of hydrogen-bond acceptors (Lipinski definition) is 8. The summed E-state index contributed by atoms with van der Waals surface area (Å²) in [6, 6.07) is 7.37. The van der Waals surface area contributed by atoms with Crippen LogP contribution < -0.4 is 0 Å². The third-order valence-electron chi connectivity index (χ3n) is 5.02. The van der Waals surface area contributed by atoms with Gasteiger partial charge in [-0.2, -0.15) is 0 Å². The molecule has 1 aliphatic rings. The molecule has 2 unspecified atom stereocenters. The summed E-state index contributed by atoms with van der Waals surface area (Å²) in [5.74, 6) is -3.50. The van der Waals surface area contributed by atoms with Gasteiger partial charge in [0.2, 0.25) is 0 Å². The number of ether oxygens (including phenoxy) is 1. The number of halogens is 1. The number of carboxylic acid groups (broad SMARTS) is 2. The zero-order valence-corrected chi connectivity index (χ0v) is 19.6. The lowest BCUT2D eigenvalue weighted by Crippen LogP contribution is -2.39. The summed E-state index contributed by atoms with van der Waals surface area (Å²) in [7, 11) is 0. The molecule has 1 heterocycles. The first-order valence-electron chi connectivity index (χ1n) is 10.7. The summed E-state index contributed by atoms with van der Waals surface area (Å²) in [5, 5.41) is 33.2. The Morgan fingerprint density at radius 1 is 1.06 bits per heavy atom. The molecule has 0 bridgehead atoms. The van der Waals surface area contributed by atoms with Gasteiger partial charge in [-0.3, -0.25) is 9.59 Å². The molecule has 34 heavy (non-hydrogen) atoms. The summed E-state index contributed by atoms with van der Waals surface area (Å²) >= 11 is 5.83. The van der Waals surface area contributed by atoms with Gasteiger partial charge in [-0.1, -0.05) is 29.8 Å². The minimum absolute atomic E-state index is 0.0155. The first-order chi connectivity index (χ1) is 16.0. The lowest BCUT2D eigenvalue weighted by atomic mass is 9.97. The van der Waals surface area contributed by atoms with Crippen molar-refractivity contribution in [1.29, 1.82) is 0 Å². The van der Waals surface area contributed by atoms with Gasteiger partial charge in [0.1, 0.15) is 0 Å². The fraction of sp³-hybridized carbons (Fsp3) is 0.478. The number of carbonyl (C=O) groups is 4. The number of aliphatic carboxylic acids is 2. The third kappa shape index (κ3) is 10.9. The lowest BCUT2D eigenvalue weighted by molar-refractivity contribution is -0.165. The van der Waals surface area contributed by atoms with Gasteiger partial charge in [0.05, 0.1) is 12.5 Å². The normalized spacial score (nSPS) is 16.2. The van der Waals surface area contributed by atoms with E-state index < -0.39 is 24.1 Å². The first-order valence-corrected chi connectivity index (χ1v) is 11.1. The van der Waals surface area contributed by atoms with Crippen LogP contribution in [0, 0.1) is 5.92 Å². The average molecular weight is 500 g/mol. The van der Waals surface area contributed by atoms with Crippen molar-refractivity contribution in [2.75, 3.05) is 26.2 Å². The molecule has 2 rings (SSSR count). The Hall–Kier alpha value is -2.79. The smallest absolute Gasteiger partial charge is 0.335 e. The predicted octanol–water partition coefficient (Wildman–Crippen LogP) is 1.46. The topological polar surface area (TPSA) is 162 Å². The largest absolute Gasteiger partial charge is 0.479 e. The van der Waals surface area contributed by atoms with Crippen LogP contribution in [-0.2, 0) is 23.9 Å². The van der Waals surface area contributed by atoms with Crippen molar-refractivity contribution in [3.8, 4) is 0 Å². The van der Waals surface area contributed by atoms with Crippen molar-refractivity contribution in [3.63, 3.8) is 0 Å². The van der Waals surface area contributed by atoms with Crippen molar-refractivity contribution < 1.29 is 44.3 Å². The highest BCUT2D eigenvalue weighted by Gasteiger charge is 2.29. The van der Waals surface area contributed by atoms with E-state index in [0.29, 0.717) is 18.1 Å². The third-order valence-corrected chi connectivity index (χ3v) is 5.27. The van der Waals surface area contributed by atoms with E-state index in [1.807, 2.05) is 25.1 Å². The summed E-state index contributed by atoms with van der Waals surface area (Å²) < 4.78 is 5.07. The zero-order valence-electron chi connectivity index (χ0n) is 18.8. The maximum Gasteiger partial charge on any atom is 0.335 e. The number of aliphatic hydroxyl groups excluding tert-OH is 2. The number of carbonyl (C=O) groups excluding carboxylic acids is 2. The molecule has 0 spiro atoms. The lowest BCUT2D eigenvalue weighted by Gasteiger charge is -2.30. The minimum Gasteiger partial charge on any atom is -0.479 e. The monoisotopic (exact) mass is 499 g/mol. The molecule has 1 aromatic rings. The SMILES string of the molecule is CCOC(=O)C1CCN(CCC(=O)/C=C/c2ccc(Cl)cc2)CC1.O=C(O)C(O)C(O)C(=O)O. The number of nitrogens with zero attached hydrogens (tertiary/aromatic N) is 1. The molecule has 0 radical (unpaired) electrons. The van der Waals surface area contributed by atoms with Crippen molar-refractivity contribution in [2.45, 2.75) is 38.4 Å². The summed E-state index contributed by atoms with van der Waals surface area (Å²) in [6.45, 7) is 4.69. The molecular weight excluding hydrogens is 470 g/mol. The molecule has 0 aliphatic carbocycles. The molecule has 1 aliphatic heterocycles. The number of benzene rings is 1. The minimum atomic E-state index is -2.27. The Labute approximate surface area is 202 Å². The molecule has 1 saturated heterocycles. The standard InChI is InChI=1S/C19H24ClNO3.C4H6O6/c1-2-24-19(23)16-9-12-21(13-10-16)14-11-18(22)8-5-15-3-6-17(20)7-4-15;5-1(3(7)8)2(6)4(9)10/h3-8,16H,2,9-14H2,1H3;1-2,5-6H,(H,7,8)(H,9,10)/b8-5+;. The predicted molar refractivity (Wildman–Crippen MR) is 123 cm³/mol. The van der Waals surface area contributed by atoms with E-state index >= 15 is 0 Å². The molecule has 11 heteroatoms. The van der Waals surface area contributed by atoms with Crippen molar-refractivity contribution >= 4 is 41.4 Å². The molecule has 4 N–H and O–H groups in total. The van der Waals surface area contributed by atoms with E-state index in [1.165, 1.54) is 0 Å². The van der Waals surface area contributed by atoms with Gasteiger partial charge < -0.3 is 30.1 Å². The van der Waals surface area contributed by atoms with Crippen LogP contribution in [0.4, 0.5) is 0 Å². The van der Waals surface area contributed by atoms with Crippen LogP contribution >= 0.6 is 11.6 Å². The van der Waals surface area contributed by atoms with Gasteiger partial charge in [0, 0.05) is 18.0 Å². The maximum atomic E-state index is 12.0. The molecule has 188 valence electrons. The van der Waals surface area contributed by atoms with Gasteiger partial charge in [-0.15, -0.1) is 0 Å². The number of esters is 1. The van der Waals surface area contributed by atoms with Crippen LogP contribution in [-0.4, -0.2) is 87.5 Å². The first kappa shape index (κ1) is 29.2. The second-order valence-corrected chi connectivity index (χ2v) is 7.97. The van der Waals surface area contributed by atoms with Gasteiger partial charge in [-0.25, -0.2) is 9.59 Å². The number of ketones is 1. The van der Waals surface area contributed by atoms with E-state index in [9.17, 15) is 19.2 Å². The summed E-state index contributed by atoms with van der Waals surface area (Å²) in [5.41, 5.74) is 0.961. The van der Waals surface area contributed by atoms with E-state index in [-0.39, 0.29) is 17.7 Å². The Morgan fingerprint density at radius 3 is 2.06 bits per heavy atom. The van der Waals surface area contributed by atoms with Crippen LogP contribution in [0.2, 0.25) is 5.02 Å². The summed E-state index contributed by atoms with van der Waals surface area (Å²) in [4.78, 5) is 45.5. The Balaban J connectivity index is 0.000000489. The van der Waals surface area contributed by atoms with E-state index in [1.54, 1.807) is 18.2 Å². The van der Waals surface area contributed by atoms with E-state index in [2.05, 4.69) is 4.90 Å². The number of piperidine rings is 1. The molecule has 0 saturated carbocycles. The fourth-order valence-electron chi connectivity index (χ4n) is 3.04. The quantitative estimate of drug-likeness (QED) is 0.274. The van der Waals surface area contributed by atoms with Gasteiger partial charge in [0.25, 0.3) is 0 Å². The molecule has 1 aromatic carbocycles. The number of carboxylic acids is 2. The Morgan fingerprint density at radius 2 is 1.59 bits per heavy atom. The molecule has 10 nitrogen and oxygen atoms in total. The number of hydrogen-bond donors (Lipinski definition) is 4. The number of aliphatic hydroxyl groups is 2. The van der Waals surface area contributed by atoms with Crippen molar-refractivity contribution in [3.05, 3.63) is 40.9 Å². The van der Waals surface area contributed by atoms with Crippen molar-refractivity contribution in [1.82, 2.24) is 4.90 Å². The highest BCUT2D eigenvalue weighted by molar-refractivity contribution is 6.30. The highest BCUT2D eigenvalue weighted by Crippen LogP contribution is 2.19. The number of rotatable bonds is 10. The van der Waals surface area contributed by atoms with E-state index in [4.69, 9.17) is 36.8 Å². The Kier molecular flexibility index (Phi) is 13.1. The van der Waals surface area contributed by atoms with Gasteiger partial charge >= 0.3 is 17.9 Å². The average Bonchev–Trinajstić information content (AvgIpc) is 2.82. The second kappa shape index (κ2) is 15.2. The van der Waals surface area contributed by atoms with Gasteiger partial charge in [-0.05, 0) is 56.6 Å². The number of allylic oxidation sites excluding steroid dienone is 1. The summed E-state index contributed by atoms with van der Waals surface area (Å²) in [6.07, 6.45) is 1.02. The van der Waals surface area contributed by atoms with Crippen LogP contribution in [0.3, 0.4) is 0 Å². The highest BCUT2D eigenvalue weighted by atomic mass is 35.5. The van der Waals surface area contributed by atoms with Gasteiger partial charge in [0.15, 0.2) is 18.0 Å². The second-order valence-electron chi connectivity index (χ2n) is 7.54. The Bertz CT molecular complexity index is 831.